The summed E-state index contributed by atoms with van der Waals surface area (Å²) in [6, 6.07) is 12.8. The van der Waals surface area contributed by atoms with E-state index in [-0.39, 0.29) is 11.5 Å². The summed E-state index contributed by atoms with van der Waals surface area (Å²) in [7, 11) is 4.11. The summed E-state index contributed by atoms with van der Waals surface area (Å²) in [4.78, 5) is 11.5. The average Bonchev–Trinajstić information content (AvgIpc) is 2.51. The van der Waals surface area contributed by atoms with Crippen molar-refractivity contribution in [3.63, 3.8) is 0 Å². The van der Waals surface area contributed by atoms with Crippen molar-refractivity contribution in [2.75, 3.05) is 27.2 Å². The third-order valence-electron chi connectivity index (χ3n) is 3.85. The van der Waals surface area contributed by atoms with Crippen molar-refractivity contribution in [1.82, 2.24) is 0 Å². The normalized spacial score (nSPS) is 11.3. The van der Waals surface area contributed by atoms with E-state index in [2.05, 4.69) is 14.1 Å². The van der Waals surface area contributed by atoms with Gasteiger partial charge >= 0.3 is 0 Å². The molecule has 0 unspecified atom stereocenters. The number of phenolic OH excluding ortho intramolecular Hbond substituents is 1. The third-order valence-corrected chi connectivity index (χ3v) is 4.17. The Morgan fingerprint density at radius 1 is 1.21 bits per heavy atom. The van der Waals surface area contributed by atoms with Crippen molar-refractivity contribution >= 4 is 17.4 Å². The number of Topliss-reactive ketones (excluding diaryl/α,β-unsaturated/α-hetero) is 1. The van der Waals surface area contributed by atoms with Gasteiger partial charge in [0.15, 0.2) is 5.78 Å². The van der Waals surface area contributed by atoms with Crippen molar-refractivity contribution in [1.29, 1.82) is 0 Å². The second-order valence-electron chi connectivity index (χ2n) is 6.50. The summed E-state index contributed by atoms with van der Waals surface area (Å²) < 4.78 is 6.36. The van der Waals surface area contributed by atoms with E-state index in [0.29, 0.717) is 28.2 Å². The Hall–Kier alpha value is -2.04. The number of benzene rings is 2. The number of ketones is 1. The van der Waals surface area contributed by atoms with Gasteiger partial charge in [-0.25, -0.2) is 0 Å². The van der Waals surface area contributed by atoms with Gasteiger partial charge in [-0.3, -0.25) is 4.79 Å². The quantitative estimate of drug-likeness (QED) is 0.609. The van der Waals surface area contributed by atoms with E-state index in [1.54, 1.807) is 6.07 Å². The highest BCUT2D eigenvalue weighted by Gasteiger charge is 2.20. The maximum atomic E-state index is 11.5. The highest BCUT2D eigenvalue weighted by atomic mass is 35.5. The lowest BCUT2D eigenvalue weighted by Crippen LogP contribution is -2.42. The molecule has 5 heteroatoms. The first-order chi connectivity index (χ1) is 11.3. The Labute approximate surface area is 147 Å². The summed E-state index contributed by atoms with van der Waals surface area (Å²) in [5.41, 5.74) is 1.06. The van der Waals surface area contributed by atoms with Crippen LogP contribution in [0.5, 0.6) is 11.5 Å². The number of quaternary nitrogens is 1. The molecule has 0 saturated heterocycles. The van der Waals surface area contributed by atoms with Crippen LogP contribution in [-0.4, -0.2) is 42.6 Å². The van der Waals surface area contributed by atoms with E-state index in [0.717, 1.165) is 17.9 Å². The van der Waals surface area contributed by atoms with Crippen molar-refractivity contribution < 1.29 is 19.1 Å². The summed E-state index contributed by atoms with van der Waals surface area (Å²) in [5.74, 6) is 0.779. The number of phenols is 1. The standard InChI is InChI=1S/C19H22ClNO3/c1-14(22)17-12-19(23)15(11-18(17)20)13-21(2,3)9-10-24-16-7-5-4-6-8-16/h4-8,11-12H,9-10,13H2,1-3H3/p+1. The Bertz CT molecular complexity index is 714. The molecule has 0 aliphatic carbocycles. The van der Waals surface area contributed by atoms with Crippen LogP contribution >= 0.6 is 11.6 Å². The van der Waals surface area contributed by atoms with Gasteiger partial charge in [0.05, 0.1) is 19.1 Å². The van der Waals surface area contributed by atoms with Crippen molar-refractivity contribution in [3.05, 3.63) is 58.6 Å². The molecular formula is C19H23ClNO3+. The van der Waals surface area contributed by atoms with Gasteiger partial charge in [-0.05, 0) is 31.2 Å². The zero-order valence-corrected chi connectivity index (χ0v) is 15.0. The summed E-state index contributed by atoms with van der Waals surface area (Å²) >= 11 is 6.15. The molecular weight excluding hydrogens is 326 g/mol. The van der Waals surface area contributed by atoms with Gasteiger partial charge in [0.25, 0.3) is 0 Å². The topological polar surface area (TPSA) is 46.5 Å². The van der Waals surface area contributed by atoms with Crippen molar-refractivity contribution in [2.45, 2.75) is 13.5 Å². The second-order valence-corrected chi connectivity index (χ2v) is 6.90. The minimum atomic E-state index is -0.160. The fourth-order valence-electron chi connectivity index (χ4n) is 2.47. The van der Waals surface area contributed by atoms with E-state index in [1.807, 2.05) is 30.3 Å². The highest BCUT2D eigenvalue weighted by molar-refractivity contribution is 6.34. The van der Waals surface area contributed by atoms with Crippen LogP contribution in [0.3, 0.4) is 0 Å². The molecule has 0 spiro atoms. The number of halogens is 1. The SMILES string of the molecule is CC(=O)c1cc(O)c(C[N+](C)(C)CCOc2ccccc2)cc1Cl. The lowest BCUT2D eigenvalue weighted by atomic mass is 10.1. The minimum Gasteiger partial charge on any atom is -0.507 e. The van der Waals surface area contributed by atoms with Crippen LogP contribution in [0.4, 0.5) is 0 Å². The van der Waals surface area contributed by atoms with E-state index in [4.69, 9.17) is 16.3 Å². The number of para-hydroxylation sites is 1. The first kappa shape index (κ1) is 18.3. The van der Waals surface area contributed by atoms with Crippen LogP contribution in [0, 0.1) is 0 Å². The van der Waals surface area contributed by atoms with Crippen LogP contribution in [0.2, 0.25) is 5.02 Å². The maximum absolute atomic E-state index is 11.5. The van der Waals surface area contributed by atoms with Crippen LogP contribution in [0.25, 0.3) is 0 Å². The van der Waals surface area contributed by atoms with Crippen LogP contribution < -0.4 is 4.74 Å². The maximum Gasteiger partial charge on any atom is 0.161 e. The van der Waals surface area contributed by atoms with Crippen LogP contribution in [0.15, 0.2) is 42.5 Å². The zero-order valence-electron chi connectivity index (χ0n) is 14.3. The number of carbonyl (C=O) groups is 1. The first-order valence-electron chi connectivity index (χ1n) is 7.81. The fraction of sp³-hybridized carbons (Fsp3) is 0.316. The molecule has 0 fully saturated rings. The fourth-order valence-corrected chi connectivity index (χ4v) is 2.79. The zero-order chi connectivity index (χ0) is 17.7. The molecule has 1 N–H and O–H groups in total. The predicted octanol–water partition coefficient (Wildman–Crippen LogP) is 3.90. The number of ether oxygens (including phenoxy) is 1. The van der Waals surface area contributed by atoms with Crippen LogP contribution in [-0.2, 0) is 6.54 Å². The van der Waals surface area contributed by atoms with E-state index < -0.39 is 0 Å². The van der Waals surface area contributed by atoms with Crippen molar-refractivity contribution in [2.24, 2.45) is 0 Å². The molecule has 24 heavy (non-hydrogen) atoms. The molecule has 0 bridgehead atoms. The lowest BCUT2D eigenvalue weighted by molar-refractivity contribution is -0.903. The first-order valence-corrected chi connectivity index (χ1v) is 8.18. The van der Waals surface area contributed by atoms with Gasteiger partial charge in [-0.1, -0.05) is 29.8 Å². The number of nitrogens with zero attached hydrogens (tertiary/aromatic N) is 1. The summed E-state index contributed by atoms with van der Waals surface area (Å²) in [5, 5.41) is 10.6. The number of aromatic hydroxyl groups is 1. The van der Waals surface area contributed by atoms with Gasteiger partial charge in [0.1, 0.15) is 31.2 Å². The summed E-state index contributed by atoms with van der Waals surface area (Å²) in [6.07, 6.45) is 0. The Balaban J connectivity index is 2.00. The number of carbonyl (C=O) groups excluding carboxylic acids is 1. The molecule has 0 radical (unpaired) electrons. The smallest absolute Gasteiger partial charge is 0.161 e. The summed E-state index contributed by atoms with van der Waals surface area (Å²) in [6.45, 7) is 3.35. The number of rotatable bonds is 7. The molecule has 0 heterocycles. The molecule has 0 aliphatic heterocycles. The van der Waals surface area contributed by atoms with E-state index >= 15 is 0 Å². The molecule has 2 aromatic carbocycles. The minimum absolute atomic E-state index is 0.0970. The molecule has 128 valence electrons. The van der Waals surface area contributed by atoms with E-state index in [1.165, 1.54) is 13.0 Å². The van der Waals surface area contributed by atoms with Gasteiger partial charge < -0.3 is 14.3 Å². The third kappa shape index (κ3) is 4.98. The Morgan fingerprint density at radius 2 is 1.88 bits per heavy atom. The molecule has 2 rings (SSSR count). The molecule has 2 aromatic rings. The molecule has 0 atom stereocenters. The molecule has 0 aliphatic rings. The van der Waals surface area contributed by atoms with Gasteiger partial charge in [0, 0.05) is 11.1 Å². The lowest BCUT2D eigenvalue weighted by Gasteiger charge is -2.30. The molecule has 0 saturated carbocycles. The highest BCUT2D eigenvalue weighted by Crippen LogP contribution is 2.28. The number of hydrogen-bond acceptors (Lipinski definition) is 3. The second kappa shape index (κ2) is 7.69. The number of likely N-dealkylation sites (N-methyl/N-ethyl adjacent to an activating group) is 1. The molecule has 4 nitrogen and oxygen atoms in total. The molecule has 0 amide bonds. The predicted molar refractivity (Wildman–Crippen MR) is 95.7 cm³/mol. The van der Waals surface area contributed by atoms with Gasteiger partial charge in [-0.15, -0.1) is 0 Å². The number of hydrogen-bond donors (Lipinski definition) is 1. The Morgan fingerprint density at radius 3 is 2.50 bits per heavy atom. The molecule has 0 aromatic heterocycles. The van der Waals surface area contributed by atoms with Crippen LogP contribution in [0.1, 0.15) is 22.8 Å². The largest absolute Gasteiger partial charge is 0.507 e. The van der Waals surface area contributed by atoms with Gasteiger partial charge in [-0.2, -0.15) is 0 Å². The average molecular weight is 349 g/mol. The Kier molecular flexibility index (Phi) is 5.86. The van der Waals surface area contributed by atoms with E-state index in [9.17, 15) is 9.90 Å². The van der Waals surface area contributed by atoms with Crippen molar-refractivity contribution in [3.8, 4) is 11.5 Å². The monoisotopic (exact) mass is 348 g/mol. The van der Waals surface area contributed by atoms with Gasteiger partial charge in [0.2, 0.25) is 0 Å².